The molecule has 1 spiro atoms. The van der Waals surface area contributed by atoms with Gasteiger partial charge in [-0.2, -0.15) is 0 Å². The molecule has 3 heterocycles. The lowest BCUT2D eigenvalue weighted by molar-refractivity contribution is -0.135. The van der Waals surface area contributed by atoms with Crippen LogP contribution < -0.4 is 0 Å². The lowest BCUT2D eigenvalue weighted by atomic mass is 9.80. The molecule has 5 heteroatoms. The summed E-state index contributed by atoms with van der Waals surface area (Å²) in [5.41, 5.74) is 1.25. The van der Waals surface area contributed by atoms with E-state index in [1.807, 2.05) is 18.3 Å². The van der Waals surface area contributed by atoms with Crippen molar-refractivity contribution >= 4 is 5.91 Å². The number of aryl methyl sites for hydroxylation is 1. The first-order valence-electron chi connectivity index (χ1n) is 8.60. The Kier molecular flexibility index (Phi) is 5.28. The highest BCUT2D eigenvalue weighted by atomic mass is 16.5. The van der Waals surface area contributed by atoms with Gasteiger partial charge in [-0.05, 0) is 37.9 Å². The lowest BCUT2D eigenvalue weighted by Crippen LogP contribution is -2.51. The second kappa shape index (κ2) is 7.41. The van der Waals surface area contributed by atoms with Crippen LogP contribution in [0.2, 0.25) is 0 Å². The van der Waals surface area contributed by atoms with Gasteiger partial charge >= 0.3 is 0 Å². The molecule has 1 unspecified atom stereocenters. The molecule has 0 saturated carbocycles. The van der Waals surface area contributed by atoms with E-state index in [4.69, 9.17) is 4.74 Å². The highest BCUT2D eigenvalue weighted by Crippen LogP contribution is 2.33. The number of piperidine rings is 1. The topological polar surface area (TPSA) is 45.7 Å². The molecule has 2 fully saturated rings. The maximum atomic E-state index is 12.6. The summed E-state index contributed by atoms with van der Waals surface area (Å²) in [6.07, 6.45) is 7.19. The molecule has 0 radical (unpaired) electrons. The van der Waals surface area contributed by atoms with E-state index in [0.717, 1.165) is 64.2 Å². The number of aromatic nitrogens is 1. The lowest BCUT2D eigenvalue weighted by Gasteiger charge is -2.43. The molecule has 5 nitrogen and oxygen atoms in total. The van der Waals surface area contributed by atoms with Gasteiger partial charge < -0.3 is 14.5 Å². The van der Waals surface area contributed by atoms with Gasteiger partial charge in [-0.1, -0.05) is 6.07 Å². The number of carbonyl (C=O) groups is 1. The molecular formula is C18H27N3O2. The fourth-order valence-electron chi connectivity index (χ4n) is 3.83. The predicted octanol–water partition coefficient (Wildman–Crippen LogP) is 1.58. The van der Waals surface area contributed by atoms with Gasteiger partial charge in [0, 0.05) is 50.4 Å². The zero-order valence-electron chi connectivity index (χ0n) is 14.0. The van der Waals surface area contributed by atoms with E-state index in [2.05, 4.69) is 21.8 Å². The quantitative estimate of drug-likeness (QED) is 0.849. The van der Waals surface area contributed by atoms with E-state index in [-0.39, 0.29) is 11.3 Å². The fourth-order valence-corrected chi connectivity index (χ4v) is 3.83. The molecule has 0 bridgehead atoms. The van der Waals surface area contributed by atoms with Crippen molar-refractivity contribution in [1.29, 1.82) is 0 Å². The Morgan fingerprint density at radius 1 is 1.39 bits per heavy atom. The normalized spacial score (nSPS) is 26.2. The van der Waals surface area contributed by atoms with Gasteiger partial charge in [0.2, 0.25) is 5.91 Å². The van der Waals surface area contributed by atoms with Gasteiger partial charge in [0.15, 0.2) is 0 Å². The van der Waals surface area contributed by atoms with Crippen molar-refractivity contribution in [3.63, 3.8) is 0 Å². The molecule has 0 aromatic carbocycles. The third kappa shape index (κ3) is 4.30. The first kappa shape index (κ1) is 16.4. The highest BCUT2D eigenvalue weighted by molar-refractivity contribution is 5.76. The summed E-state index contributed by atoms with van der Waals surface area (Å²) in [6, 6.07) is 3.96. The van der Waals surface area contributed by atoms with Gasteiger partial charge in [-0.25, -0.2) is 0 Å². The average molecular weight is 317 g/mol. The van der Waals surface area contributed by atoms with Crippen molar-refractivity contribution in [2.45, 2.75) is 25.7 Å². The number of hydrogen-bond donors (Lipinski definition) is 0. The number of likely N-dealkylation sites (N-methyl/N-ethyl adjacent to an activating group) is 1. The number of amides is 1. The van der Waals surface area contributed by atoms with Crippen molar-refractivity contribution in [2.24, 2.45) is 5.41 Å². The number of carbonyl (C=O) groups excluding carboxylic acids is 1. The number of likely N-dealkylation sites (tertiary alicyclic amines) is 1. The van der Waals surface area contributed by atoms with Crippen LogP contribution in [0.25, 0.3) is 0 Å². The van der Waals surface area contributed by atoms with Crippen LogP contribution in [0.3, 0.4) is 0 Å². The van der Waals surface area contributed by atoms with E-state index in [1.165, 1.54) is 0 Å². The zero-order valence-corrected chi connectivity index (χ0v) is 14.0. The van der Waals surface area contributed by atoms with Crippen molar-refractivity contribution in [1.82, 2.24) is 14.8 Å². The smallest absolute Gasteiger partial charge is 0.222 e. The van der Waals surface area contributed by atoms with Crippen LogP contribution in [0, 0.1) is 5.41 Å². The number of rotatable bonds is 3. The van der Waals surface area contributed by atoms with Gasteiger partial charge in [0.1, 0.15) is 0 Å². The summed E-state index contributed by atoms with van der Waals surface area (Å²) < 4.78 is 5.83. The summed E-state index contributed by atoms with van der Waals surface area (Å²) in [4.78, 5) is 21.1. The molecule has 0 aliphatic carbocycles. The summed E-state index contributed by atoms with van der Waals surface area (Å²) in [5, 5.41) is 0. The number of pyridine rings is 1. The van der Waals surface area contributed by atoms with Crippen molar-refractivity contribution < 1.29 is 9.53 Å². The Morgan fingerprint density at radius 3 is 3.13 bits per heavy atom. The summed E-state index contributed by atoms with van der Waals surface area (Å²) in [5.74, 6) is 0.264. The molecule has 1 atom stereocenters. The van der Waals surface area contributed by atoms with Crippen molar-refractivity contribution in [2.75, 3.05) is 46.4 Å². The monoisotopic (exact) mass is 317 g/mol. The SMILES string of the molecule is CN1CCOCC2(CCCN(C(=O)CCc3cccnc3)C2)C1. The van der Waals surface area contributed by atoms with Gasteiger partial charge in [0.25, 0.3) is 0 Å². The zero-order chi connectivity index (χ0) is 16.1. The average Bonchev–Trinajstić information content (AvgIpc) is 2.75. The van der Waals surface area contributed by atoms with E-state index in [0.29, 0.717) is 6.42 Å². The van der Waals surface area contributed by atoms with Gasteiger partial charge in [-0.15, -0.1) is 0 Å². The van der Waals surface area contributed by atoms with Gasteiger partial charge in [-0.3, -0.25) is 9.78 Å². The van der Waals surface area contributed by atoms with E-state index in [1.54, 1.807) is 6.20 Å². The molecule has 0 N–H and O–H groups in total. The van der Waals surface area contributed by atoms with Crippen molar-refractivity contribution in [3.05, 3.63) is 30.1 Å². The Balaban J connectivity index is 1.58. The van der Waals surface area contributed by atoms with Crippen LogP contribution in [0.5, 0.6) is 0 Å². The molecule has 2 aliphatic rings. The number of hydrogen-bond acceptors (Lipinski definition) is 4. The Labute approximate surface area is 138 Å². The fraction of sp³-hybridized carbons (Fsp3) is 0.667. The van der Waals surface area contributed by atoms with E-state index >= 15 is 0 Å². The molecule has 1 aromatic heterocycles. The first-order chi connectivity index (χ1) is 11.2. The highest BCUT2D eigenvalue weighted by Gasteiger charge is 2.39. The second-order valence-corrected chi connectivity index (χ2v) is 7.07. The summed E-state index contributed by atoms with van der Waals surface area (Å²) >= 11 is 0. The molecule has 2 saturated heterocycles. The van der Waals surface area contributed by atoms with E-state index in [9.17, 15) is 4.79 Å². The second-order valence-electron chi connectivity index (χ2n) is 7.07. The molecule has 1 amide bonds. The first-order valence-corrected chi connectivity index (χ1v) is 8.60. The molecule has 1 aromatic rings. The maximum absolute atomic E-state index is 12.6. The number of nitrogens with zero attached hydrogens (tertiary/aromatic N) is 3. The van der Waals surface area contributed by atoms with Crippen LogP contribution >= 0.6 is 0 Å². The molecule has 126 valence electrons. The maximum Gasteiger partial charge on any atom is 0.222 e. The summed E-state index contributed by atoms with van der Waals surface area (Å²) in [7, 11) is 2.15. The minimum Gasteiger partial charge on any atom is -0.379 e. The molecule has 3 rings (SSSR count). The van der Waals surface area contributed by atoms with Crippen LogP contribution in [-0.4, -0.2) is 67.1 Å². The molecular weight excluding hydrogens is 290 g/mol. The van der Waals surface area contributed by atoms with Crippen LogP contribution in [0.15, 0.2) is 24.5 Å². The third-order valence-corrected chi connectivity index (χ3v) is 5.00. The largest absolute Gasteiger partial charge is 0.379 e. The molecule has 23 heavy (non-hydrogen) atoms. The Hall–Kier alpha value is -1.46. The van der Waals surface area contributed by atoms with Gasteiger partial charge in [0.05, 0.1) is 13.2 Å². The Morgan fingerprint density at radius 2 is 2.30 bits per heavy atom. The summed E-state index contributed by atoms with van der Waals surface area (Å²) in [6.45, 7) is 5.31. The predicted molar refractivity (Wildman–Crippen MR) is 89.1 cm³/mol. The minimum atomic E-state index is 0.119. The number of ether oxygens (including phenoxy) is 1. The Bertz CT molecular complexity index is 522. The molecule has 2 aliphatic heterocycles. The van der Waals surface area contributed by atoms with Crippen LogP contribution in [0.1, 0.15) is 24.8 Å². The van der Waals surface area contributed by atoms with Crippen LogP contribution in [0.4, 0.5) is 0 Å². The van der Waals surface area contributed by atoms with Crippen molar-refractivity contribution in [3.8, 4) is 0 Å². The van der Waals surface area contributed by atoms with E-state index < -0.39 is 0 Å². The minimum absolute atomic E-state index is 0.119. The third-order valence-electron chi connectivity index (χ3n) is 5.00. The standard InChI is InChI=1S/C18H27N3O2/c1-20-10-11-23-15-18(13-20)7-3-9-21(14-18)17(22)6-5-16-4-2-8-19-12-16/h2,4,8,12H,3,5-7,9-11,13-15H2,1H3. The van der Waals surface area contributed by atoms with Crippen LogP contribution in [-0.2, 0) is 16.0 Å².